The molecule has 0 unspecified atom stereocenters. The lowest BCUT2D eigenvalue weighted by molar-refractivity contribution is -0.117. The van der Waals surface area contributed by atoms with Gasteiger partial charge in [-0.3, -0.25) is 9.59 Å². The Hall–Kier alpha value is -3.84. The van der Waals surface area contributed by atoms with E-state index in [1.54, 1.807) is 28.9 Å². The Morgan fingerprint density at radius 2 is 1.82 bits per heavy atom. The molecule has 4 aromatic rings. The van der Waals surface area contributed by atoms with Gasteiger partial charge in [0.2, 0.25) is 5.91 Å². The average molecular weight is 477 g/mol. The quantitative estimate of drug-likeness (QED) is 0.337. The predicted octanol–water partition coefficient (Wildman–Crippen LogP) is 5.67. The van der Waals surface area contributed by atoms with Crippen LogP contribution < -0.4 is 5.32 Å². The van der Waals surface area contributed by atoms with Gasteiger partial charge in [0.05, 0.1) is 17.6 Å². The van der Waals surface area contributed by atoms with Crippen LogP contribution in [0.5, 0.6) is 0 Å². The Morgan fingerprint density at radius 3 is 2.50 bits per heavy atom. The molecule has 0 atom stereocenters. The van der Waals surface area contributed by atoms with Gasteiger partial charge in [0.15, 0.2) is 5.76 Å². The number of carbonyl (C=O) groups is 2. The summed E-state index contributed by atoms with van der Waals surface area (Å²) in [4.78, 5) is 27.4. The molecule has 2 aromatic heterocycles. The van der Waals surface area contributed by atoms with Crippen molar-refractivity contribution in [1.29, 1.82) is 0 Å². The molecule has 1 N–H and O–H groups in total. The number of anilines is 1. The topological polar surface area (TPSA) is 80.4 Å². The first-order valence-corrected chi connectivity index (χ1v) is 11.5. The molecular formula is C26H25ClN4O3. The zero-order chi connectivity index (χ0) is 23.9. The van der Waals surface area contributed by atoms with Crippen molar-refractivity contribution in [1.82, 2.24) is 14.7 Å². The maximum atomic E-state index is 13.0. The van der Waals surface area contributed by atoms with Crippen LogP contribution in [0, 0.1) is 0 Å². The summed E-state index contributed by atoms with van der Waals surface area (Å²) in [6.07, 6.45) is 3.12. The van der Waals surface area contributed by atoms with Crippen LogP contribution in [0.4, 0.5) is 5.82 Å². The summed E-state index contributed by atoms with van der Waals surface area (Å²) in [6, 6.07) is 22.0. The third-order valence-corrected chi connectivity index (χ3v) is 5.50. The molecular weight excluding hydrogens is 452 g/mol. The minimum atomic E-state index is -0.328. The van der Waals surface area contributed by atoms with Crippen LogP contribution in [-0.2, 0) is 4.79 Å². The molecule has 7 nitrogen and oxygen atoms in total. The van der Waals surface area contributed by atoms with Gasteiger partial charge in [-0.15, -0.1) is 0 Å². The molecule has 0 bridgehead atoms. The molecule has 2 heterocycles. The number of nitrogens with zero attached hydrogens (tertiary/aromatic N) is 3. The van der Waals surface area contributed by atoms with Crippen LogP contribution in [-0.4, -0.2) is 39.6 Å². The minimum absolute atomic E-state index is 0.105. The zero-order valence-corrected chi connectivity index (χ0v) is 19.5. The largest absolute Gasteiger partial charge is 0.459 e. The molecule has 0 aliphatic heterocycles. The second-order valence-electron chi connectivity index (χ2n) is 7.77. The van der Waals surface area contributed by atoms with E-state index in [1.165, 1.54) is 11.2 Å². The second-order valence-corrected chi connectivity index (χ2v) is 8.21. The molecule has 0 saturated carbocycles. The van der Waals surface area contributed by atoms with Crippen molar-refractivity contribution in [2.45, 2.75) is 19.8 Å². The average Bonchev–Trinajstić information content (AvgIpc) is 3.53. The van der Waals surface area contributed by atoms with E-state index in [9.17, 15) is 9.59 Å². The summed E-state index contributed by atoms with van der Waals surface area (Å²) in [7, 11) is 0. The van der Waals surface area contributed by atoms with Crippen LogP contribution in [0.25, 0.3) is 16.9 Å². The Kier molecular flexibility index (Phi) is 7.44. The molecule has 34 heavy (non-hydrogen) atoms. The number of carbonyl (C=O) groups excluding carboxylic acids is 2. The molecule has 0 fully saturated rings. The van der Waals surface area contributed by atoms with Gasteiger partial charge in [0.25, 0.3) is 5.91 Å². The summed E-state index contributed by atoms with van der Waals surface area (Å²) in [5.74, 6) is 0.0593. The van der Waals surface area contributed by atoms with E-state index in [0.29, 0.717) is 23.1 Å². The SMILES string of the molecule is CCCCN(CC(=O)Nc1cc(-c2ccccc2)nn1-c1ccc(Cl)cc1)C(=O)c1ccco1. The number of benzene rings is 2. The summed E-state index contributed by atoms with van der Waals surface area (Å²) in [5, 5.41) is 8.23. The predicted molar refractivity (Wildman–Crippen MR) is 132 cm³/mol. The molecule has 0 radical (unpaired) electrons. The van der Waals surface area contributed by atoms with Crippen molar-refractivity contribution in [2.24, 2.45) is 0 Å². The maximum absolute atomic E-state index is 13.0. The van der Waals surface area contributed by atoms with Gasteiger partial charge in [-0.05, 0) is 42.8 Å². The van der Waals surface area contributed by atoms with E-state index >= 15 is 0 Å². The normalized spacial score (nSPS) is 10.8. The van der Waals surface area contributed by atoms with Crippen LogP contribution in [0.1, 0.15) is 30.3 Å². The first kappa shape index (κ1) is 23.3. The smallest absolute Gasteiger partial charge is 0.290 e. The first-order chi connectivity index (χ1) is 16.5. The monoisotopic (exact) mass is 476 g/mol. The molecule has 0 aliphatic carbocycles. The van der Waals surface area contributed by atoms with E-state index < -0.39 is 0 Å². The summed E-state index contributed by atoms with van der Waals surface area (Å²) in [6.45, 7) is 2.38. The molecule has 0 saturated heterocycles. The van der Waals surface area contributed by atoms with Gasteiger partial charge >= 0.3 is 0 Å². The van der Waals surface area contributed by atoms with Gasteiger partial charge in [-0.25, -0.2) is 4.68 Å². The maximum Gasteiger partial charge on any atom is 0.290 e. The third-order valence-electron chi connectivity index (χ3n) is 5.25. The number of rotatable bonds is 9. The van der Waals surface area contributed by atoms with Crippen LogP contribution in [0.15, 0.2) is 83.5 Å². The Balaban J connectivity index is 1.59. The molecule has 0 aliphatic rings. The number of halogens is 1. The Bertz CT molecular complexity index is 1240. The highest BCUT2D eigenvalue weighted by Gasteiger charge is 2.22. The van der Waals surface area contributed by atoms with Crippen LogP contribution in [0.2, 0.25) is 5.02 Å². The third kappa shape index (κ3) is 5.55. The van der Waals surface area contributed by atoms with Gasteiger partial charge in [-0.2, -0.15) is 5.10 Å². The number of nitrogens with one attached hydrogen (secondary N) is 1. The molecule has 4 rings (SSSR count). The van der Waals surface area contributed by atoms with Gasteiger partial charge in [0, 0.05) is 23.2 Å². The first-order valence-electron chi connectivity index (χ1n) is 11.1. The van der Waals surface area contributed by atoms with E-state index in [1.807, 2.05) is 55.5 Å². The fraction of sp³-hybridized carbons (Fsp3) is 0.192. The number of amides is 2. The van der Waals surface area contributed by atoms with Crippen molar-refractivity contribution < 1.29 is 14.0 Å². The van der Waals surface area contributed by atoms with E-state index in [4.69, 9.17) is 21.1 Å². The number of unbranched alkanes of at least 4 members (excludes halogenated alkanes) is 1. The van der Waals surface area contributed by atoms with Gasteiger partial charge in [-0.1, -0.05) is 55.3 Å². The number of hydrogen-bond acceptors (Lipinski definition) is 4. The highest BCUT2D eigenvalue weighted by atomic mass is 35.5. The van der Waals surface area contributed by atoms with E-state index in [-0.39, 0.29) is 24.1 Å². The van der Waals surface area contributed by atoms with Gasteiger partial charge in [0.1, 0.15) is 12.4 Å². The standard InChI is InChI=1S/C26H25ClN4O3/c1-2-3-15-30(26(33)23-10-7-16-34-23)18-25(32)28-24-17-22(19-8-5-4-6-9-19)29-31(24)21-13-11-20(27)12-14-21/h4-14,16-17H,2-3,15,18H2,1H3,(H,28,32). The number of furan rings is 1. The molecule has 2 amide bonds. The Morgan fingerprint density at radius 1 is 1.06 bits per heavy atom. The van der Waals surface area contributed by atoms with Crippen LogP contribution in [0.3, 0.4) is 0 Å². The van der Waals surface area contributed by atoms with Crippen molar-refractivity contribution >= 4 is 29.2 Å². The molecule has 174 valence electrons. The van der Waals surface area contributed by atoms with Crippen LogP contribution >= 0.6 is 11.6 Å². The molecule has 0 spiro atoms. The lowest BCUT2D eigenvalue weighted by Crippen LogP contribution is -2.38. The summed E-state index contributed by atoms with van der Waals surface area (Å²) in [5.41, 5.74) is 2.38. The Labute approximate surface area is 202 Å². The number of aromatic nitrogens is 2. The number of hydrogen-bond donors (Lipinski definition) is 1. The molecule has 2 aromatic carbocycles. The lowest BCUT2D eigenvalue weighted by Gasteiger charge is -2.21. The fourth-order valence-corrected chi connectivity index (χ4v) is 3.64. The minimum Gasteiger partial charge on any atom is -0.459 e. The highest BCUT2D eigenvalue weighted by molar-refractivity contribution is 6.30. The summed E-state index contributed by atoms with van der Waals surface area (Å²) < 4.78 is 6.90. The van der Waals surface area contributed by atoms with Crippen molar-refractivity contribution in [3.63, 3.8) is 0 Å². The zero-order valence-electron chi connectivity index (χ0n) is 18.8. The second kappa shape index (κ2) is 10.9. The lowest BCUT2D eigenvalue weighted by atomic mass is 10.1. The van der Waals surface area contributed by atoms with Gasteiger partial charge < -0.3 is 14.6 Å². The van der Waals surface area contributed by atoms with Crippen molar-refractivity contribution in [3.05, 3.63) is 89.8 Å². The molecule has 8 heteroatoms. The van der Waals surface area contributed by atoms with Crippen molar-refractivity contribution in [2.75, 3.05) is 18.4 Å². The van der Waals surface area contributed by atoms with E-state index in [2.05, 4.69) is 5.32 Å². The fourth-order valence-electron chi connectivity index (χ4n) is 3.51. The highest BCUT2D eigenvalue weighted by Crippen LogP contribution is 2.25. The van der Waals surface area contributed by atoms with Crippen molar-refractivity contribution in [3.8, 4) is 16.9 Å². The summed E-state index contributed by atoms with van der Waals surface area (Å²) >= 11 is 6.05. The van der Waals surface area contributed by atoms with E-state index in [0.717, 1.165) is 24.1 Å².